The van der Waals surface area contributed by atoms with Crippen molar-refractivity contribution in [3.05, 3.63) is 0 Å². The molecular formula is C23H48O9. The maximum Gasteiger partial charge on any atom is 0.101 e. The van der Waals surface area contributed by atoms with Crippen LogP contribution < -0.4 is 0 Å². The van der Waals surface area contributed by atoms with Crippen LogP contribution in [0.2, 0.25) is 0 Å². The third-order valence-electron chi connectivity index (χ3n) is 4.14. The smallest absolute Gasteiger partial charge is 0.101 e. The van der Waals surface area contributed by atoms with Crippen molar-refractivity contribution in [2.24, 2.45) is 0 Å². The second-order valence-corrected chi connectivity index (χ2v) is 7.18. The quantitative estimate of drug-likeness (QED) is 0.173. The predicted molar refractivity (Wildman–Crippen MR) is 122 cm³/mol. The molecule has 0 bridgehead atoms. The minimum atomic E-state index is -0.665. The van der Waals surface area contributed by atoms with Crippen molar-refractivity contribution in [3.63, 3.8) is 0 Å². The summed E-state index contributed by atoms with van der Waals surface area (Å²) in [5.41, 5.74) is 0. The molecule has 0 aliphatic rings. The van der Waals surface area contributed by atoms with Gasteiger partial charge in [0.05, 0.1) is 92.5 Å². The molecule has 0 aliphatic carbocycles. The Morgan fingerprint density at radius 2 is 0.656 bits per heavy atom. The number of hydrogen-bond donors (Lipinski definition) is 1. The molecule has 0 heterocycles. The monoisotopic (exact) mass is 468 g/mol. The summed E-state index contributed by atoms with van der Waals surface area (Å²) >= 11 is 0. The molecule has 0 unspecified atom stereocenters. The lowest BCUT2D eigenvalue weighted by Crippen LogP contribution is -2.24. The summed E-state index contributed by atoms with van der Waals surface area (Å²) in [6.07, 6.45) is 3.79. The van der Waals surface area contributed by atoms with Crippen molar-refractivity contribution in [2.75, 3.05) is 106 Å². The SMILES string of the molecule is CCCCOCCOCCOCCOCC(O)COCCOCCOCCOCCCC. The highest BCUT2D eigenvalue weighted by Gasteiger charge is 2.04. The standard InChI is InChI=1S/C23H48O9/c1-3-5-7-25-9-11-27-13-15-29-17-19-31-21-23(24)22-32-20-18-30-16-14-28-12-10-26-8-6-4-2/h23-24H,3-22H2,1-2H3. The average Bonchev–Trinajstić information content (AvgIpc) is 2.80. The van der Waals surface area contributed by atoms with Gasteiger partial charge in [-0.2, -0.15) is 0 Å². The Morgan fingerprint density at radius 1 is 0.406 bits per heavy atom. The fraction of sp³-hybridized carbons (Fsp3) is 1.00. The van der Waals surface area contributed by atoms with Crippen molar-refractivity contribution in [1.29, 1.82) is 0 Å². The van der Waals surface area contributed by atoms with E-state index in [1.165, 1.54) is 0 Å². The molecular weight excluding hydrogens is 420 g/mol. The van der Waals surface area contributed by atoms with Gasteiger partial charge >= 0.3 is 0 Å². The molecule has 0 saturated carbocycles. The average molecular weight is 469 g/mol. The van der Waals surface area contributed by atoms with Gasteiger partial charge < -0.3 is 43.0 Å². The summed E-state index contributed by atoms with van der Waals surface area (Å²) in [7, 11) is 0. The minimum Gasteiger partial charge on any atom is -0.388 e. The molecule has 0 saturated heterocycles. The highest BCUT2D eigenvalue weighted by molar-refractivity contribution is 4.51. The molecule has 0 aromatic carbocycles. The van der Waals surface area contributed by atoms with E-state index in [9.17, 15) is 5.11 Å². The Kier molecular flexibility index (Phi) is 28.4. The zero-order valence-electron chi connectivity index (χ0n) is 20.4. The molecule has 1 N–H and O–H groups in total. The fourth-order valence-electron chi connectivity index (χ4n) is 2.30. The van der Waals surface area contributed by atoms with Gasteiger partial charge in [0.2, 0.25) is 0 Å². The summed E-state index contributed by atoms with van der Waals surface area (Å²) in [4.78, 5) is 0. The van der Waals surface area contributed by atoms with Crippen molar-refractivity contribution < 1.29 is 43.0 Å². The molecule has 0 amide bonds. The number of ether oxygens (including phenoxy) is 8. The van der Waals surface area contributed by atoms with Crippen LogP contribution in [0.4, 0.5) is 0 Å². The first-order valence-corrected chi connectivity index (χ1v) is 12.1. The van der Waals surface area contributed by atoms with Crippen molar-refractivity contribution in [3.8, 4) is 0 Å². The second kappa shape index (κ2) is 28.7. The van der Waals surface area contributed by atoms with Crippen LogP contribution in [-0.2, 0) is 37.9 Å². The first-order chi connectivity index (χ1) is 15.8. The summed E-state index contributed by atoms with van der Waals surface area (Å²) < 4.78 is 43.1. The molecule has 9 nitrogen and oxygen atoms in total. The van der Waals surface area contributed by atoms with E-state index >= 15 is 0 Å². The Bertz CT molecular complexity index is 305. The van der Waals surface area contributed by atoms with E-state index in [2.05, 4.69) is 13.8 Å². The molecule has 0 atom stereocenters. The number of unbranched alkanes of at least 4 members (excludes halogenated alkanes) is 2. The van der Waals surface area contributed by atoms with E-state index in [1.807, 2.05) is 0 Å². The lowest BCUT2D eigenvalue weighted by molar-refractivity contribution is -0.0488. The van der Waals surface area contributed by atoms with E-state index in [0.717, 1.165) is 38.9 Å². The third kappa shape index (κ3) is 27.7. The molecule has 0 fully saturated rings. The summed E-state index contributed by atoms with van der Waals surface area (Å²) in [5.74, 6) is 0. The molecule has 0 aromatic heterocycles. The van der Waals surface area contributed by atoms with Gasteiger partial charge in [-0.25, -0.2) is 0 Å². The number of aliphatic hydroxyl groups is 1. The van der Waals surface area contributed by atoms with Crippen molar-refractivity contribution in [1.82, 2.24) is 0 Å². The van der Waals surface area contributed by atoms with Gasteiger partial charge in [-0.05, 0) is 12.8 Å². The predicted octanol–water partition coefficient (Wildman–Crippen LogP) is 2.08. The highest BCUT2D eigenvalue weighted by atomic mass is 16.6. The molecule has 0 rings (SSSR count). The largest absolute Gasteiger partial charge is 0.388 e. The molecule has 0 spiro atoms. The van der Waals surface area contributed by atoms with Gasteiger partial charge in [0.15, 0.2) is 0 Å². The normalized spacial score (nSPS) is 11.6. The van der Waals surface area contributed by atoms with Crippen LogP contribution in [0.5, 0.6) is 0 Å². The van der Waals surface area contributed by atoms with E-state index in [4.69, 9.17) is 37.9 Å². The Labute approximate surface area is 194 Å². The van der Waals surface area contributed by atoms with Crippen LogP contribution in [0.1, 0.15) is 39.5 Å². The Balaban J connectivity index is 3.13. The fourth-order valence-corrected chi connectivity index (χ4v) is 2.30. The maximum absolute atomic E-state index is 9.81. The van der Waals surface area contributed by atoms with E-state index in [0.29, 0.717) is 79.3 Å². The van der Waals surface area contributed by atoms with E-state index < -0.39 is 6.10 Å². The molecule has 194 valence electrons. The van der Waals surface area contributed by atoms with Crippen LogP contribution in [-0.4, -0.2) is 117 Å². The van der Waals surface area contributed by atoms with Gasteiger partial charge in [0, 0.05) is 13.2 Å². The third-order valence-corrected chi connectivity index (χ3v) is 4.14. The molecule has 0 aliphatic heterocycles. The number of hydrogen-bond acceptors (Lipinski definition) is 9. The van der Waals surface area contributed by atoms with Gasteiger partial charge in [0.25, 0.3) is 0 Å². The van der Waals surface area contributed by atoms with E-state index in [-0.39, 0.29) is 13.2 Å². The number of rotatable bonds is 28. The number of aliphatic hydroxyl groups excluding tert-OH is 1. The first kappa shape index (κ1) is 31.6. The van der Waals surface area contributed by atoms with Crippen molar-refractivity contribution in [2.45, 2.75) is 45.6 Å². The lowest BCUT2D eigenvalue weighted by Gasteiger charge is -2.12. The van der Waals surface area contributed by atoms with Gasteiger partial charge in [-0.15, -0.1) is 0 Å². The van der Waals surface area contributed by atoms with Gasteiger partial charge in [0.1, 0.15) is 6.10 Å². The van der Waals surface area contributed by atoms with Crippen LogP contribution >= 0.6 is 0 Å². The first-order valence-electron chi connectivity index (χ1n) is 12.1. The summed E-state index contributed by atoms with van der Waals surface area (Å²) in [5, 5.41) is 9.81. The van der Waals surface area contributed by atoms with Crippen LogP contribution in [0, 0.1) is 0 Å². The zero-order valence-corrected chi connectivity index (χ0v) is 20.4. The summed E-state index contributed by atoms with van der Waals surface area (Å²) in [6.45, 7) is 12.6. The second-order valence-electron chi connectivity index (χ2n) is 7.18. The summed E-state index contributed by atoms with van der Waals surface area (Å²) in [6, 6.07) is 0. The lowest BCUT2D eigenvalue weighted by atomic mass is 10.4. The van der Waals surface area contributed by atoms with Crippen LogP contribution in [0.3, 0.4) is 0 Å². The molecule has 0 aromatic rings. The maximum atomic E-state index is 9.81. The Morgan fingerprint density at radius 3 is 0.938 bits per heavy atom. The zero-order chi connectivity index (χ0) is 23.4. The highest BCUT2D eigenvalue weighted by Crippen LogP contribution is 1.91. The molecule has 9 heteroatoms. The van der Waals surface area contributed by atoms with E-state index in [1.54, 1.807) is 0 Å². The van der Waals surface area contributed by atoms with Gasteiger partial charge in [-0.1, -0.05) is 26.7 Å². The topological polar surface area (TPSA) is 94.1 Å². The minimum absolute atomic E-state index is 0.212. The molecule has 32 heavy (non-hydrogen) atoms. The molecule has 0 radical (unpaired) electrons. The van der Waals surface area contributed by atoms with Crippen molar-refractivity contribution >= 4 is 0 Å². The van der Waals surface area contributed by atoms with Crippen LogP contribution in [0.25, 0.3) is 0 Å². The van der Waals surface area contributed by atoms with Gasteiger partial charge in [-0.3, -0.25) is 0 Å². The Hall–Kier alpha value is -0.360. The van der Waals surface area contributed by atoms with Crippen LogP contribution in [0.15, 0.2) is 0 Å².